The molecule has 1 nitrogen and oxygen atoms in total. The van der Waals surface area contributed by atoms with Crippen molar-refractivity contribution in [2.45, 2.75) is 51.6 Å². The number of carbonyl (C=O) groups excluding carboxylic acids is 1. The molecule has 0 atom stereocenters. The summed E-state index contributed by atoms with van der Waals surface area (Å²) in [4.78, 5) is 11.7. The van der Waals surface area contributed by atoms with Crippen molar-refractivity contribution >= 4 is 5.78 Å². The standard InChI is InChI=1S/C15H17F5O/c1-8(2)10-5-6-11(9(3)4)12(7-10)13(21)14(16,17)15(18,19)20/h5-9H,1-4H3. The van der Waals surface area contributed by atoms with E-state index in [2.05, 4.69) is 0 Å². The maximum absolute atomic E-state index is 13.3. The van der Waals surface area contributed by atoms with Gasteiger partial charge in [0, 0.05) is 5.56 Å². The summed E-state index contributed by atoms with van der Waals surface area (Å²) in [5.74, 6) is -8.00. The number of alkyl halides is 5. The van der Waals surface area contributed by atoms with Crippen LogP contribution in [0.4, 0.5) is 22.0 Å². The molecule has 0 heterocycles. The van der Waals surface area contributed by atoms with Crippen molar-refractivity contribution in [3.05, 3.63) is 34.9 Å². The summed E-state index contributed by atoms with van der Waals surface area (Å²) in [6, 6.07) is 4.23. The van der Waals surface area contributed by atoms with Crippen LogP contribution in [0, 0.1) is 0 Å². The van der Waals surface area contributed by atoms with Crippen LogP contribution >= 0.6 is 0 Å². The maximum Gasteiger partial charge on any atom is 0.461 e. The first-order chi connectivity index (χ1) is 9.39. The monoisotopic (exact) mass is 308 g/mol. The van der Waals surface area contributed by atoms with Gasteiger partial charge in [0.05, 0.1) is 0 Å². The van der Waals surface area contributed by atoms with E-state index in [-0.39, 0.29) is 17.4 Å². The van der Waals surface area contributed by atoms with E-state index in [9.17, 15) is 26.7 Å². The second-order valence-electron chi connectivity index (χ2n) is 5.56. The fourth-order valence-corrected chi connectivity index (χ4v) is 1.93. The van der Waals surface area contributed by atoms with Crippen molar-refractivity contribution in [2.75, 3.05) is 0 Å². The van der Waals surface area contributed by atoms with Crippen molar-refractivity contribution in [1.82, 2.24) is 0 Å². The first-order valence-corrected chi connectivity index (χ1v) is 6.52. The van der Waals surface area contributed by atoms with Gasteiger partial charge in [0.25, 0.3) is 0 Å². The highest BCUT2D eigenvalue weighted by molar-refractivity contribution is 6.03. The maximum atomic E-state index is 13.3. The molecule has 1 aromatic carbocycles. The molecule has 6 heteroatoms. The fourth-order valence-electron chi connectivity index (χ4n) is 1.93. The van der Waals surface area contributed by atoms with Crippen LogP contribution in [0.2, 0.25) is 0 Å². The Hall–Kier alpha value is -1.46. The topological polar surface area (TPSA) is 17.1 Å². The second-order valence-corrected chi connectivity index (χ2v) is 5.56. The minimum atomic E-state index is -5.90. The lowest BCUT2D eigenvalue weighted by atomic mass is 9.88. The van der Waals surface area contributed by atoms with E-state index >= 15 is 0 Å². The average Bonchev–Trinajstić information content (AvgIpc) is 2.35. The lowest BCUT2D eigenvalue weighted by Gasteiger charge is -2.21. The number of Topliss-reactive ketones (excluding diaryl/α,β-unsaturated/α-hetero) is 1. The summed E-state index contributed by atoms with van der Waals surface area (Å²) in [5, 5.41) is 0. The SMILES string of the molecule is CC(C)c1ccc(C(C)C)c(C(=O)C(F)(F)C(F)(F)F)c1. The second kappa shape index (κ2) is 5.73. The highest BCUT2D eigenvalue weighted by Gasteiger charge is 2.63. The molecule has 0 aliphatic rings. The van der Waals surface area contributed by atoms with E-state index in [1.54, 1.807) is 33.8 Å². The van der Waals surface area contributed by atoms with Crippen molar-refractivity contribution in [3.63, 3.8) is 0 Å². The molecule has 0 aliphatic carbocycles. The molecule has 1 rings (SSSR count). The van der Waals surface area contributed by atoms with Gasteiger partial charge in [-0.05, 0) is 29.0 Å². The number of hydrogen-bond donors (Lipinski definition) is 0. The first-order valence-electron chi connectivity index (χ1n) is 6.52. The van der Waals surface area contributed by atoms with Crippen LogP contribution in [0.3, 0.4) is 0 Å². The number of halogens is 5. The molecule has 0 spiro atoms. The Morgan fingerprint density at radius 1 is 0.952 bits per heavy atom. The summed E-state index contributed by atoms with van der Waals surface area (Å²) in [7, 11) is 0. The summed E-state index contributed by atoms with van der Waals surface area (Å²) in [6.45, 7) is 6.79. The molecule has 1 aromatic rings. The van der Waals surface area contributed by atoms with E-state index in [0.29, 0.717) is 5.56 Å². The zero-order chi connectivity index (χ0) is 16.6. The molecule has 0 radical (unpaired) electrons. The number of rotatable bonds is 4. The third kappa shape index (κ3) is 3.41. The minimum absolute atomic E-state index is 0.0859. The Morgan fingerprint density at radius 2 is 1.48 bits per heavy atom. The predicted octanol–water partition coefficient (Wildman–Crippen LogP) is 5.31. The molecule has 0 amide bonds. The minimum Gasteiger partial charge on any atom is -0.287 e. The molecule has 21 heavy (non-hydrogen) atoms. The molecule has 0 aromatic heterocycles. The molecule has 0 bridgehead atoms. The summed E-state index contributed by atoms with van der Waals surface area (Å²) >= 11 is 0. The van der Waals surface area contributed by atoms with E-state index in [1.807, 2.05) is 0 Å². The molecule has 0 N–H and O–H groups in total. The van der Waals surface area contributed by atoms with Crippen molar-refractivity contribution in [3.8, 4) is 0 Å². The third-order valence-electron chi connectivity index (χ3n) is 3.25. The van der Waals surface area contributed by atoms with Gasteiger partial charge >= 0.3 is 12.1 Å². The van der Waals surface area contributed by atoms with Crippen LogP contribution in [-0.2, 0) is 0 Å². The molecule has 0 saturated carbocycles. The van der Waals surface area contributed by atoms with Gasteiger partial charge in [-0.25, -0.2) is 0 Å². The van der Waals surface area contributed by atoms with Gasteiger partial charge in [0.2, 0.25) is 5.78 Å². The Bertz CT molecular complexity index is 529. The van der Waals surface area contributed by atoms with Crippen molar-refractivity contribution < 1.29 is 26.7 Å². The fraction of sp³-hybridized carbons (Fsp3) is 0.533. The molecule has 0 saturated heterocycles. The summed E-state index contributed by atoms with van der Waals surface area (Å²) in [5.41, 5.74) is 0.174. The lowest BCUT2D eigenvalue weighted by Crippen LogP contribution is -2.44. The predicted molar refractivity (Wildman–Crippen MR) is 70.0 cm³/mol. The smallest absolute Gasteiger partial charge is 0.287 e. The molecule has 0 aliphatic heterocycles. The summed E-state index contributed by atoms with van der Waals surface area (Å²) in [6.07, 6.45) is -5.90. The van der Waals surface area contributed by atoms with Crippen molar-refractivity contribution in [1.29, 1.82) is 0 Å². The van der Waals surface area contributed by atoms with Gasteiger partial charge in [0.1, 0.15) is 0 Å². The Balaban J connectivity index is 3.46. The number of benzene rings is 1. The number of carbonyl (C=O) groups is 1. The first kappa shape index (κ1) is 17.6. The molecule has 0 unspecified atom stereocenters. The Morgan fingerprint density at radius 3 is 1.86 bits per heavy atom. The van der Waals surface area contributed by atoms with Crippen LogP contribution in [0.1, 0.15) is 61.0 Å². The van der Waals surface area contributed by atoms with Gasteiger partial charge in [-0.2, -0.15) is 22.0 Å². The van der Waals surface area contributed by atoms with Gasteiger partial charge in [-0.15, -0.1) is 0 Å². The highest BCUT2D eigenvalue weighted by atomic mass is 19.4. The third-order valence-corrected chi connectivity index (χ3v) is 3.25. The number of hydrogen-bond acceptors (Lipinski definition) is 1. The van der Waals surface area contributed by atoms with E-state index in [4.69, 9.17) is 0 Å². The lowest BCUT2D eigenvalue weighted by molar-refractivity contribution is -0.255. The Labute approximate surface area is 120 Å². The highest BCUT2D eigenvalue weighted by Crippen LogP contribution is 2.39. The van der Waals surface area contributed by atoms with Gasteiger partial charge in [0.15, 0.2) is 0 Å². The molecule has 118 valence electrons. The largest absolute Gasteiger partial charge is 0.461 e. The summed E-state index contributed by atoms with van der Waals surface area (Å²) < 4.78 is 63.8. The van der Waals surface area contributed by atoms with E-state index < -0.39 is 23.4 Å². The number of ketones is 1. The van der Waals surface area contributed by atoms with Gasteiger partial charge in [-0.3, -0.25) is 4.79 Å². The van der Waals surface area contributed by atoms with Gasteiger partial charge < -0.3 is 0 Å². The zero-order valence-electron chi connectivity index (χ0n) is 12.2. The van der Waals surface area contributed by atoms with Crippen LogP contribution in [0.15, 0.2) is 18.2 Å². The van der Waals surface area contributed by atoms with Crippen molar-refractivity contribution in [2.24, 2.45) is 0 Å². The van der Waals surface area contributed by atoms with E-state index in [0.717, 1.165) is 6.07 Å². The molecular formula is C15H17F5O. The Kier molecular flexibility index (Phi) is 4.80. The van der Waals surface area contributed by atoms with Crippen LogP contribution in [0.25, 0.3) is 0 Å². The van der Waals surface area contributed by atoms with E-state index in [1.165, 1.54) is 6.07 Å². The van der Waals surface area contributed by atoms with Gasteiger partial charge in [-0.1, -0.05) is 39.8 Å². The normalized spacial score (nSPS) is 13.1. The quantitative estimate of drug-likeness (QED) is 0.544. The zero-order valence-corrected chi connectivity index (χ0v) is 12.2. The average molecular weight is 308 g/mol. The molecule has 0 fully saturated rings. The van der Waals surface area contributed by atoms with Crippen LogP contribution in [0.5, 0.6) is 0 Å². The van der Waals surface area contributed by atoms with Crippen LogP contribution in [-0.4, -0.2) is 17.9 Å². The van der Waals surface area contributed by atoms with Crippen LogP contribution < -0.4 is 0 Å². The molecular weight excluding hydrogens is 291 g/mol.